The maximum atomic E-state index is 8.78. The summed E-state index contributed by atoms with van der Waals surface area (Å²) in [4.78, 5) is 3.95. The maximum Gasteiger partial charge on any atom is 0.140 e. The van der Waals surface area contributed by atoms with E-state index in [0.29, 0.717) is 12.2 Å². The minimum Gasteiger partial charge on any atom is -0.381 e. The van der Waals surface area contributed by atoms with Crippen LogP contribution in [0.1, 0.15) is 22.4 Å². The second kappa shape index (κ2) is 5.33. The number of benzene rings is 1. The van der Waals surface area contributed by atoms with Gasteiger partial charge in [-0.05, 0) is 54.8 Å². The minimum absolute atomic E-state index is 0.453. The van der Waals surface area contributed by atoms with E-state index in [1.807, 2.05) is 12.1 Å². The number of nitrogens with one attached hydrogen (secondary N) is 1. The Hall–Kier alpha value is -2.34. The fraction of sp³-hybridized carbons (Fsp3) is 0.200. The summed E-state index contributed by atoms with van der Waals surface area (Å²) in [6.45, 7) is 4.89. The summed E-state index contributed by atoms with van der Waals surface area (Å²) in [5, 5.41) is 12.1. The monoisotopic (exact) mass is 237 g/mol. The molecule has 2 aromatic rings. The van der Waals surface area contributed by atoms with Gasteiger partial charge in [0.25, 0.3) is 0 Å². The maximum absolute atomic E-state index is 8.78. The molecule has 0 aliphatic rings. The molecule has 0 bridgehead atoms. The van der Waals surface area contributed by atoms with Crippen molar-refractivity contribution in [2.75, 3.05) is 5.32 Å². The summed E-state index contributed by atoms with van der Waals surface area (Å²) in [6, 6.07) is 12.0. The Kier molecular flexibility index (Phi) is 3.59. The van der Waals surface area contributed by atoms with Crippen LogP contribution in [0, 0.1) is 25.2 Å². The van der Waals surface area contributed by atoms with Gasteiger partial charge in [0.1, 0.15) is 11.8 Å². The van der Waals surface area contributed by atoms with Crippen LogP contribution in [-0.2, 0) is 6.54 Å². The molecule has 1 aromatic carbocycles. The first-order valence-corrected chi connectivity index (χ1v) is 5.85. The van der Waals surface area contributed by atoms with Crippen molar-refractivity contribution in [3.8, 4) is 6.07 Å². The minimum atomic E-state index is 0.453. The summed E-state index contributed by atoms with van der Waals surface area (Å²) in [6.07, 6.45) is 1.66. The van der Waals surface area contributed by atoms with Gasteiger partial charge in [0.05, 0.1) is 0 Å². The first-order chi connectivity index (χ1) is 8.69. The lowest BCUT2D eigenvalue weighted by atomic mass is 10.1. The lowest BCUT2D eigenvalue weighted by Crippen LogP contribution is -2.00. The SMILES string of the molecule is Cc1ccc(NCc2ccnc(C#N)c2)cc1C. The summed E-state index contributed by atoms with van der Waals surface area (Å²) in [5.41, 5.74) is 5.16. The number of anilines is 1. The largest absolute Gasteiger partial charge is 0.381 e. The fourth-order valence-electron chi connectivity index (χ4n) is 1.70. The second-order valence-electron chi connectivity index (χ2n) is 4.31. The second-order valence-corrected chi connectivity index (χ2v) is 4.31. The highest BCUT2D eigenvalue weighted by Gasteiger charge is 1.98. The Labute approximate surface area is 107 Å². The number of aromatic nitrogens is 1. The molecule has 90 valence electrons. The van der Waals surface area contributed by atoms with Crippen LogP contribution in [0.2, 0.25) is 0 Å². The van der Waals surface area contributed by atoms with Gasteiger partial charge in [-0.2, -0.15) is 5.26 Å². The zero-order valence-corrected chi connectivity index (χ0v) is 10.6. The van der Waals surface area contributed by atoms with Crippen molar-refractivity contribution >= 4 is 5.69 Å². The number of nitriles is 1. The lowest BCUT2D eigenvalue weighted by Gasteiger charge is -2.08. The van der Waals surface area contributed by atoms with Crippen LogP contribution < -0.4 is 5.32 Å². The molecule has 3 heteroatoms. The van der Waals surface area contributed by atoms with Gasteiger partial charge >= 0.3 is 0 Å². The molecule has 0 amide bonds. The molecule has 0 atom stereocenters. The number of rotatable bonds is 3. The van der Waals surface area contributed by atoms with Crippen molar-refractivity contribution in [3.63, 3.8) is 0 Å². The molecule has 0 spiro atoms. The molecule has 0 unspecified atom stereocenters. The van der Waals surface area contributed by atoms with Gasteiger partial charge in [0.15, 0.2) is 0 Å². The van der Waals surface area contributed by atoms with Crippen LogP contribution in [0.5, 0.6) is 0 Å². The van der Waals surface area contributed by atoms with Gasteiger partial charge in [-0.15, -0.1) is 0 Å². The first-order valence-electron chi connectivity index (χ1n) is 5.85. The fourth-order valence-corrected chi connectivity index (χ4v) is 1.70. The molecule has 0 fully saturated rings. The number of pyridine rings is 1. The van der Waals surface area contributed by atoms with Crippen molar-refractivity contribution < 1.29 is 0 Å². The average Bonchev–Trinajstić information content (AvgIpc) is 2.40. The molecule has 1 heterocycles. The molecule has 1 N–H and O–H groups in total. The zero-order valence-electron chi connectivity index (χ0n) is 10.6. The van der Waals surface area contributed by atoms with E-state index in [-0.39, 0.29) is 0 Å². The van der Waals surface area contributed by atoms with Crippen molar-refractivity contribution in [1.29, 1.82) is 5.26 Å². The molecule has 3 nitrogen and oxygen atoms in total. The van der Waals surface area contributed by atoms with Crippen LogP contribution in [0.3, 0.4) is 0 Å². The van der Waals surface area contributed by atoms with Crippen molar-refractivity contribution in [3.05, 3.63) is 58.9 Å². The highest BCUT2D eigenvalue weighted by molar-refractivity contribution is 5.48. The van der Waals surface area contributed by atoms with Gasteiger partial charge in [-0.25, -0.2) is 4.98 Å². The molecule has 2 rings (SSSR count). The third-order valence-electron chi connectivity index (χ3n) is 2.94. The zero-order chi connectivity index (χ0) is 13.0. The van der Waals surface area contributed by atoms with Gasteiger partial charge in [0, 0.05) is 18.4 Å². The summed E-state index contributed by atoms with van der Waals surface area (Å²) < 4.78 is 0. The topological polar surface area (TPSA) is 48.7 Å². The number of nitrogens with zero attached hydrogens (tertiary/aromatic N) is 2. The lowest BCUT2D eigenvalue weighted by molar-refractivity contribution is 1.11. The standard InChI is InChI=1S/C15H15N3/c1-11-3-4-14(7-12(11)2)18-10-13-5-6-17-15(8-13)9-16/h3-8,18H,10H2,1-2H3. The Morgan fingerprint density at radius 2 is 2.00 bits per heavy atom. The molecule has 0 aliphatic carbocycles. The van der Waals surface area contributed by atoms with Crippen LogP contribution in [0.15, 0.2) is 36.5 Å². The van der Waals surface area contributed by atoms with Gasteiger partial charge in [-0.1, -0.05) is 6.07 Å². The molecule has 18 heavy (non-hydrogen) atoms. The number of hydrogen-bond acceptors (Lipinski definition) is 3. The molecule has 0 saturated carbocycles. The van der Waals surface area contributed by atoms with E-state index in [2.05, 4.69) is 42.3 Å². The first kappa shape index (κ1) is 12.1. The molecule has 0 aliphatic heterocycles. The van der Waals surface area contributed by atoms with Crippen LogP contribution in [0.4, 0.5) is 5.69 Å². The van der Waals surface area contributed by atoms with E-state index in [1.165, 1.54) is 11.1 Å². The van der Waals surface area contributed by atoms with Gasteiger partial charge < -0.3 is 5.32 Å². The van der Waals surface area contributed by atoms with E-state index in [0.717, 1.165) is 11.3 Å². The van der Waals surface area contributed by atoms with Gasteiger partial charge in [0.2, 0.25) is 0 Å². The van der Waals surface area contributed by atoms with E-state index in [1.54, 1.807) is 12.3 Å². The molecule has 0 radical (unpaired) electrons. The van der Waals surface area contributed by atoms with Crippen molar-refractivity contribution in [2.45, 2.75) is 20.4 Å². The normalized spacial score (nSPS) is 9.83. The molecule has 1 aromatic heterocycles. The molecule has 0 saturated heterocycles. The molecular formula is C15H15N3. The summed E-state index contributed by atoms with van der Waals surface area (Å²) in [7, 11) is 0. The third kappa shape index (κ3) is 2.86. The smallest absolute Gasteiger partial charge is 0.140 e. The van der Waals surface area contributed by atoms with E-state index >= 15 is 0 Å². The van der Waals surface area contributed by atoms with E-state index in [9.17, 15) is 0 Å². The Morgan fingerprint density at radius 1 is 1.17 bits per heavy atom. The van der Waals surface area contributed by atoms with Gasteiger partial charge in [-0.3, -0.25) is 0 Å². The van der Waals surface area contributed by atoms with E-state index in [4.69, 9.17) is 5.26 Å². The van der Waals surface area contributed by atoms with Crippen LogP contribution >= 0.6 is 0 Å². The van der Waals surface area contributed by atoms with Crippen molar-refractivity contribution in [2.24, 2.45) is 0 Å². The average molecular weight is 237 g/mol. The Bertz CT molecular complexity index is 597. The number of aryl methyl sites for hydroxylation is 2. The Balaban J connectivity index is 2.07. The number of hydrogen-bond donors (Lipinski definition) is 1. The highest BCUT2D eigenvalue weighted by Crippen LogP contribution is 2.15. The predicted octanol–water partition coefficient (Wildman–Crippen LogP) is 3.18. The predicted molar refractivity (Wildman–Crippen MR) is 72.2 cm³/mol. The van der Waals surface area contributed by atoms with Crippen LogP contribution in [-0.4, -0.2) is 4.98 Å². The Morgan fingerprint density at radius 3 is 2.72 bits per heavy atom. The quantitative estimate of drug-likeness (QED) is 0.891. The van der Waals surface area contributed by atoms with Crippen LogP contribution in [0.25, 0.3) is 0 Å². The highest BCUT2D eigenvalue weighted by atomic mass is 14.9. The van der Waals surface area contributed by atoms with E-state index < -0.39 is 0 Å². The summed E-state index contributed by atoms with van der Waals surface area (Å²) >= 11 is 0. The summed E-state index contributed by atoms with van der Waals surface area (Å²) in [5.74, 6) is 0. The van der Waals surface area contributed by atoms with Crippen molar-refractivity contribution in [1.82, 2.24) is 4.98 Å². The third-order valence-corrected chi connectivity index (χ3v) is 2.94. The molecular weight excluding hydrogens is 222 g/mol.